The lowest BCUT2D eigenvalue weighted by atomic mass is 10.2. The summed E-state index contributed by atoms with van der Waals surface area (Å²) in [6.45, 7) is 1.99. The van der Waals surface area contributed by atoms with Crippen LogP contribution in [-0.2, 0) is 7.05 Å². The van der Waals surface area contributed by atoms with Crippen LogP contribution in [0.1, 0.15) is 20.8 Å². The number of aromatic amines is 1. The number of rotatable bonds is 2. The van der Waals surface area contributed by atoms with E-state index in [-0.39, 0.29) is 11.8 Å². The number of amides is 2. The molecule has 3 aromatic rings. The molecule has 1 N–H and O–H groups in total. The molecule has 1 fully saturated rings. The van der Waals surface area contributed by atoms with Crippen molar-refractivity contribution in [1.29, 1.82) is 0 Å². The number of piperazine rings is 1. The third-order valence-corrected chi connectivity index (χ3v) is 4.48. The summed E-state index contributed by atoms with van der Waals surface area (Å²) in [4.78, 5) is 28.7. The van der Waals surface area contributed by atoms with Crippen LogP contribution in [-0.4, -0.2) is 67.8 Å². The van der Waals surface area contributed by atoms with Gasteiger partial charge >= 0.3 is 0 Å². The highest BCUT2D eigenvalue weighted by molar-refractivity contribution is 6.04. The fourth-order valence-electron chi connectivity index (χ4n) is 3.10. The maximum absolute atomic E-state index is 12.8. The monoisotopic (exact) mass is 338 g/mol. The first kappa shape index (κ1) is 15.4. The van der Waals surface area contributed by atoms with Crippen molar-refractivity contribution in [3.63, 3.8) is 0 Å². The molecule has 0 atom stereocenters. The van der Waals surface area contributed by atoms with Crippen LogP contribution in [0.2, 0.25) is 0 Å². The first-order valence-electron chi connectivity index (χ1n) is 8.14. The molecule has 128 valence electrons. The largest absolute Gasteiger partial charge is 0.335 e. The number of nitrogens with zero attached hydrogens (tertiary/aromatic N) is 5. The minimum Gasteiger partial charge on any atom is -0.335 e. The first-order chi connectivity index (χ1) is 12.1. The number of hydrogen-bond donors (Lipinski definition) is 1. The van der Waals surface area contributed by atoms with E-state index < -0.39 is 0 Å². The van der Waals surface area contributed by atoms with E-state index in [1.165, 1.54) is 0 Å². The Kier molecular flexibility index (Phi) is 3.72. The van der Waals surface area contributed by atoms with Gasteiger partial charge in [-0.1, -0.05) is 18.2 Å². The molecule has 0 saturated carbocycles. The highest BCUT2D eigenvalue weighted by Gasteiger charge is 2.27. The van der Waals surface area contributed by atoms with Crippen LogP contribution in [0, 0.1) is 0 Å². The van der Waals surface area contributed by atoms with E-state index in [9.17, 15) is 9.59 Å². The Labute approximate surface area is 144 Å². The second kappa shape index (κ2) is 6.04. The first-order valence-corrected chi connectivity index (χ1v) is 8.14. The number of carbonyl (C=O) groups is 2. The Balaban J connectivity index is 1.45. The standard InChI is InChI=1S/C17H18N6O2/c1-21-11-12(10-18-21)16(24)22-6-8-23(9-7-22)17(25)15-13-4-2-3-5-14(13)19-20-15/h2-5,10-11H,6-9H2,1H3,(H,19,20). The third-order valence-electron chi connectivity index (χ3n) is 4.48. The highest BCUT2D eigenvalue weighted by Crippen LogP contribution is 2.18. The van der Waals surface area contributed by atoms with Crippen molar-refractivity contribution >= 4 is 22.7 Å². The molecular formula is C17H18N6O2. The Morgan fingerprint density at radius 3 is 2.40 bits per heavy atom. The molecule has 0 unspecified atom stereocenters. The number of aryl methyl sites for hydroxylation is 1. The zero-order valence-corrected chi connectivity index (χ0v) is 13.8. The Morgan fingerprint density at radius 2 is 1.72 bits per heavy atom. The van der Waals surface area contributed by atoms with Crippen LogP contribution >= 0.6 is 0 Å². The smallest absolute Gasteiger partial charge is 0.275 e. The topological polar surface area (TPSA) is 87.1 Å². The van der Waals surface area contributed by atoms with Gasteiger partial charge in [0.05, 0.1) is 17.3 Å². The van der Waals surface area contributed by atoms with E-state index in [4.69, 9.17) is 0 Å². The molecule has 2 amide bonds. The third kappa shape index (κ3) is 2.75. The molecule has 2 aromatic heterocycles. The fraction of sp³-hybridized carbons (Fsp3) is 0.294. The number of fused-ring (bicyclic) bond motifs is 1. The van der Waals surface area contributed by atoms with Crippen LogP contribution in [0.5, 0.6) is 0 Å². The number of hydrogen-bond acceptors (Lipinski definition) is 4. The molecule has 3 heterocycles. The summed E-state index contributed by atoms with van der Waals surface area (Å²) in [6, 6.07) is 7.56. The zero-order valence-electron chi connectivity index (χ0n) is 13.8. The maximum atomic E-state index is 12.8. The minimum atomic E-state index is -0.106. The average molecular weight is 338 g/mol. The van der Waals surface area contributed by atoms with Crippen molar-refractivity contribution in [3.05, 3.63) is 47.9 Å². The molecule has 1 aliphatic rings. The summed E-state index contributed by atoms with van der Waals surface area (Å²) in [5.74, 6) is -0.156. The van der Waals surface area contributed by atoms with Crippen molar-refractivity contribution in [2.24, 2.45) is 7.05 Å². The number of H-pyrrole nitrogens is 1. The second-order valence-corrected chi connectivity index (χ2v) is 6.10. The Morgan fingerprint density at radius 1 is 1.04 bits per heavy atom. The van der Waals surface area contributed by atoms with Crippen molar-refractivity contribution in [1.82, 2.24) is 29.8 Å². The van der Waals surface area contributed by atoms with Crippen molar-refractivity contribution in [2.75, 3.05) is 26.2 Å². The van der Waals surface area contributed by atoms with Crippen molar-refractivity contribution < 1.29 is 9.59 Å². The van der Waals surface area contributed by atoms with E-state index in [1.54, 1.807) is 33.9 Å². The fourth-order valence-corrected chi connectivity index (χ4v) is 3.10. The van der Waals surface area contributed by atoms with Gasteiger partial charge in [-0.05, 0) is 6.07 Å². The van der Waals surface area contributed by atoms with Gasteiger partial charge in [0.15, 0.2) is 5.69 Å². The summed E-state index contributed by atoms with van der Waals surface area (Å²) in [5.41, 5.74) is 1.85. The normalized spacial score (nSPS) is 14.9. The average Bonchev–Trinajstić information content (AvgIpc) is 3.27. The lowest BCUT2D eigenvalue weighted by Gasteiger charge is -2.34. The number of carbonyl (C=O) groups excluding carboxylic acids is 2. The predicted molar refractivity (Wildman–Crippen MR) is 91.1 cm³/mol. The lowest BCUT2D eigenvalue weighted by molar-refractivity contribution is 0.0533. The van der Waals surface area contributed by atoms with Crippen LogP contribution in [0.15, 0.2) is 36.7 Å². The summed E-state index contributed by atoms with van der Waals surface area (Å²) in [6.07, 6.45) is 3.27. The number of benzene rings is 1. The number of aromatic nitrogens is 4. The van der Waals surface area contributed by atoms with E-state index in [0.717, 1.165) is 10.9 Å². The summed E-state index contributed by atoms with van der Waals surface area (Å²) < 4.78 is 1.61. The number of para-hydroxylation sites is 1. The van der Waals surface area contributed by atoms with Crippen LogP contribution < -0.4 is 0 Å². The molecule has 8 heteroatoms. The molecule has 0 spiro atoms. The molecule has 0 aliphatic carbocycles. The molecule has 1 saturated heterocycles. The van der Waals surface area contributed by atoms with Gasteiger partial charge in [-0.15, -0.1) is 0 Å². The van der Waals surface area contributed by atoms with E-state index in [1.807, 2.05) is 24.3 Å². The minimum absolute atomic E-state index is 0.0505. The Hall–Kier alpha value is -3.16. The van der Waals surface area contributed by atoms with E-state index in [0.29, 0.717) is 37.4 Å². The lowest BCUT2D eigenvalue weighted by Crippen LogP contribution is -2.50. The quantitative estimate of drug-likeness (QED) is 0.752. The molecule has 1 aromatic carbocycles. The predicted octanol–water partition coefficient (Wildman–Crippen LogP) is 0.895. The van der Waals surface area contributed by atoms with Crippen molar-refractivity contribution in [3.8, 4) is 0 Å². The maximum Gasteiger partial charge on any atom is 0.275 e. The van der Waals surface area contributed by atoms with E-state index in [2.05, 4.69) is 15.3 Å². The Bertz CT molecular complexity index is 935. The van der Waals surface area contributed by atoms with Crippen molar-refractivity contribution in [2.45, 2.75) is 0 Å². The molecule has 4 rings (SSSR count). The molecular weight excluding hydrogens is 320 g/mol. The SMILES string of the molecule is Cn1cc(C(=O)N2CCN(C(=O)c3n[nH]c4ccccc34)CC2)cn1. The van der Waals surface area contributed by atoms with Gasteiger partial charge in [-0.2, -0.15) is 10.2 Å². The van der Waals surface area contributed by atoms with Crippen LogP contribution in [0.3, 0.4) is 0 Å². The summed E-state index contributed by atoms with van der Waals surface area (Å²) >= 11 is 0. The van der Waals surface area contributed by atoms with Gasteiger partial charge in [0.2, 0.25) is 0 Å². The molecule has 0 bridgehead atoms. The number of nitrogens with one attached hydrogen (secondary N) is 1. The summed E-state index contributed by atoms with van der Waals surface area (Å²) in [7, 11) is 1.78. The zero-order chi connectivity index (χ0) is 17.4. The van der Waals surface area contributed by atoms with E-state index >= 15 is 0 Å². The van der Waals surface area contributed by atoms with Gasteiger partial charge < -0.3 is 9.80 Å². The van der Waals surface area contributed by atoms with Gasteiger partial charge in [-0.25, -0.2) is 0 Å². The van der Waals surface area contributed by atoms with Crippen LogP contribution in [0.4, 0.5) is 0 Å². The van der Waals surface area contributed by atoms with Crippen LogP contribution in [0.25, 0.3) is 10.9 Å². The summed E-state index contributed by atoms with van der Waals surface area (Å²) in [5, 5.41) is 11.9. The molecule has 0 radical (unpaired) electrons. The van der Waals surface area contributed by atoms with Gasteiger partial charge in [0.25, 0.3) is 11.8 Å². The molecule has 8 nitrogen and oxygen atoms in total. The van der Waals surface area contributed by atoms with Gasteiger partial charge in [0, 0.05) is 44.8 Å². The van der Waals surface area contributed by atoms with Gasteiger partial charge in [-0.3, -0.25) is 19.4 Å². The second-order valence-electron chi connectivity index (χ2n) is 6.10. The highest BCUT2D eigenvalue weighted by atomic mass is 16.2. The molecule has 1 aliphatic heterocycles. The molecule has 25 heavy (non-hydrogen) atoms. The van der Waals surface area contributed by atoms with Gasteiger partial charge in [0.1, 0.15) is 0 Å².